The zero-order chi connectivity index (χ0) is 28.5. The van der Waals surface area contributed by atoms with Gasteiger partial charge in [0.15, 0.2) is 0 Å². The number of sulfonamides is 1. The number of halogens is 1. The number of amides is 2. The van der Waals surface area contributed by atoms with E-state index in [1.165, 1.54) is 11.0 Å². The van der Waals surface area contributed by atoms with Gasteiger partial charge in [0.25, 0.3) is 0 Å². The van der Waals surface area contributed by atoms with Gasteiger partial charge < -0.3 is 10.2 Å². The summed E-state index contributed by atoms with van der Waals surface area (Å²) in [6.45, 7) is -0.309. The molecular formula is C31H36ClN3O4S. The van der Waals surface area contributed by atoms with E-state index in [0.29, 0.717) is 11.4 Å². The first-order valence-electron chi connectivity index (χ1n) is 13.6. The third-order valence-electron chi connectivity index (χ3n) is 7.19. The molecule has 1 fully saturated rings. The minimum atomic E-state index is -3.84. The van der Waals surface area contributed by atoms with Crippen LogP contribution in [0.15, 0.2) is 84.9 Å². The van der Waals surface area contributed by atoms with Crippen LogP contribution in [-0.4, -0.2) is 50.0 Å². The van der Waals surface area contributed by atoms with Crippen molar-refractivity contribution in [2.75, 3.05) is 17.1 Å². The Balaban J connectivity index is 1.70. The van der Waals surface area contributed by atoms with Gasteiger partial charge in [-0.05, 0) is 42.2 Å². The fourth-order valence-corrected chi connectivity index (χ4v) is 6.15. The molecular weight excluding hydrogens is 546 g/mol. The largest absolute Gasteiger partial charge is 0.352 e. The Bertz CT molecular complexity index is 1380. The maximum Gasteiger partial charge on any atom is 0.244 e. The molecule has 212 valence electrons. The Morgan fingerprint density at radius 3 is 2.12 bits per heavy atom. The van der Waals surface area contributed by atoms with E-state index in [9.17, 15) is 18.0 Å². The van der Waals surface area contributed by atoms with Crippen molar-refractivity contribution in [3.05, 3.63) is 101 Å². The normalized spacial score (nSPS) is 14.8. The predicted octanol–water partition coefficient (Wildman–Crippen LogP) is 5.20. The standard InChI is InChI=1S/C31H36ClN3O4S/c1-40(38,39)35(28-19-11-16-26(32)21-28)23-30(36)34(22-25-14-7-3-8-15-25)29(20-24-12-5-2-6-13-24)31(37)33-27-17-9-4-10-18-27/h2-3,5-8,11-16,19,21,27,29H,4,9-10,17-18,20,22-23H2,1H3,(H,33,37)/t29-/m0/s1. The average Bonchev–Trinajstić information content (AvgIpc) is 2.94. The quantitative estimate of drug-likeness (QED) is 0.337. The van der Waals surface area contributed by atoms with Gasteiger partial charge in [0.2, 0.25) is 21.8 Å². The summed E-state index contributed by atoms with van der Waals surface area (Å²) in [6, 6.07) is 24.6. The van der Waals surface area contributed by atoms with Crippen LogP contribution in [0, 0.1) is 0 Å². The molecule has 0 spiro atoms. The molecule has 0 bridgehead atoms. The molecule has 7 nitrogen and oxygen atoms in total. The van der Waals surface area contributed by atoms with Crippen molar-refractivity contribution >= 4 is 39.1 Å². The first kappa shape index (κ1) is 29.6. The van der Waals surface area contributed by atoms with Gasteiger partial charge in [-0.25, -0.2) is 8.42 Å². The monoisotopic (exact) mass is 581 g/mol. The lowest BCUT2D eigenvalue weighted by Gasteiger charge is -2.35. The second-order valence-corrected chi connectivity index (χ2v) is 12.6. The highest BCUT2D eigenvalue weighted by Gasteiger charge is 2.34. The molecule has 0 heterocycles. The lowest BCUT2D eigenvalue weighted by molar-refractivity contribution is -0.140. The summed E-state index contributed by atoms with van der Waals surface area (Å²) in [4.78, 5) is 29.5. The summed E-state index contributed by atoms with van der Waals surface area (Å²) in [6.07, 6.45) is 6.45. The van der Waals surface area contributed by atoms with E-state index in [4.69, 9.17) is 11.6 Å². The highest BCUT2D eigenvalue weighted by molar-refractivity contribution is 7.92. The molecule has 3 aromatic rings. The van der Waals surface area contributed by atoms with Crippen LogP contribution < -0.4 is 9.62 Å². The number of rotatable bonds is 11. The highest BCUT2D eigenvalue weighted by Crippen LogP contribution is 2.24. The summed E-state index contributed by atoms with van der Waals surface area (Å²) in [5.41, 5.74) is 2.04. The van der Waals surface area contributed by atoms with Gasteiger partial charge in [0.05, 0.1) is 11.9 Å². The summed E-state index contributed by atoms with van der Waals surface area (Å²) in [5, 5.41) is 3.56. The van der Waals surface area contributed by atoms with Crippen molar-refractivity contribution in [3.63, 3.8) is 0 Å². The summed E-state index contributed by atoms with van der Waals surface area (Å²) in [7, 11) is -3.84. The van der Waals surface area contributed by atoms with Crippen LogP contribution >= 0.6 is 11.6 Å². The summed E-state index contributed by atoms with van der Waals surface area (Å²) < 4.78 is 26.7. The van der Waals surface area contributed by atoms with Gasteiger partial charge >= 0.3 is 0 Å². The van der Waals surface area contributed by atoms with Gasteiger partial charge in [-0.2, -0.15) is 0 Å². The molecule has 1 aliphatic carbocycles. The van der Waals surface area contributed by atoms with E-state index in [1.807, 2.05) is 60.7 Å². The fraction of sp³-hybridized carbons (Fsp3) is 0.355. The maximum atomic E-state index is 14.1. The van der Waals surface area contributed by atoms with Crippen LogP contribution in [0.25, 0.3) is 0 Å². The molecule has 0 saturated heterocycles. The first-order chi connectivity index (χ1) is 19.2. The Hall–Kier alpha value is -3.36. The highest BCUT2D eigenvalue weighted by atomic mass is 35.5. The van der Waals surface area contributed by atoms with E-state index in [2.05, 4.69) is 5.32 Å². The second kappa shape index (κ2) is 13.8. The van der Waals surface area contributed by atoms with Crippen molar-refractivity contribution in [1.29, 1.82) is 0 Å². The number of carbonyl (C=O) groups is 2. The van der Waals surface area contributed by atoms with Crippen LogP contribution in [0.4, 0.5) is 5.69 Å². The SMILES string of the molecule is CS(=O)(=O)N(CC(=O)N(Cc1ccccc1)[C@@H](Cc1ccccc1)C(=O)NC1CCCCC1)c1cccc(Cl)c1. The second-order valence-electron chi connectivity index (χ2n) is 10.3. The number of anilines is 1. The van der Waals surface area contributed by atoms with Crippen LogP contribution in [0.3, 0.4) is 0 Å². The van der Waals surface area contributed by atoms with E-state index in [0.717, 1.165) is 53.8 Å². The van der Waals surface area contributed by atoms with Gasteiger partial charge in [-0.15, -0.1) is 0 Å². The molecule has 1 N–H and O–H groups in total. The zero-order valence-electron chi connectivity index (χ0n) is 22.7. The molecule has 2 amide bonds. The molecule has 0 radical (unpaired) electrons. The van der Waals surface area contributed by atoms with Crippen LogP contribution in [-0.2, 0) is 32.6 Å². The lowest BCUT2D eigenvalue weighted by Crippen LogP contribution is -2.55. The van der Waals surface area contributed by atoms with Gasteiger partial charge in [-0.3, -0.25) is 13.9 Å². The van der Waals surface area contributed by atoms with Crippen molar-refractivity contribution in [2.24, 2.45) is 0 Å². The molecule has 0 aromatic heterocycles. The summed E-state index contributed by atoms with van der Waals surface area (Å²) in [5.74, 6) is -0.706. The molecule has 9 heteroatoms. The van der Waals surface area contributed by atoms with E-state index < -0.39 is 28.5 Å². The van der Waals surface area contributed by atoms with Crippen LogP contribution in [0.5, 0.6) is 0 Å². The van der Waals surface area contributed by atoms with E-state index >= 15 is 0 Å². The third kappa shape index (κ3) is 8.32. The van der Waals surface area contributed by atoms with Crippen molar-refractivity contribution in [2.45, 2.75) is 57.2 Å². The minimum absolute atomic E-state index is 0.0622. The topological polar surface area (TPSA) is 86.8 Å². The number of carbonyl (C=O) groups excluding carboxylic acids is 2. The number of hydrogen-bond acceptors (Lipinski definition) is 4. The fourth-order valence-electron chi connectivity index (χ4n) is 5.12. The molecule has 0 aliphatic heterocycles. The molecule has 1 aliphatic rings. The van der Waals surface area contributed by atoms with Gasteiger partial charge in [0, 0.05) is 24.0 Å². The smallest absolute Gasteiger partial charge is 0.244 e. The molecule has 40 heavy (non-hydrogen) atoms. The maximum absolute atomic E-state index is 14.1. The van der Waals surface area contributed by atoms with Crippen LogP contribution in [0.2, 0.25) is 5.02 Å². The molecule has 1 atom stereocenters. The Labute approximate surface area is 242 Å². The van der Waals surface area contributed by atoms with E-state index in [1.54, 1.807) is 18.2 Å². The lowest BCUT2D eigenvalue weighted by atomic mass is 9.94. The minimum Gasteiger partial charge on any atom is -0.352 e. The molecule has 3 aromatic carbocycles. The number of nitrogens with zero attached hydrogens (tertiary/aromatic N) is 2. The molecule has 1 saturated carbocycles. The van der Waals surface area contributed by atoms with Crippen molar-refractivity contribution in [3.8, 4) is 0 Å². The van der Waals surface area contributed by atoms with Crippen LogP contribution in [0.1, 0.15) is 43.2 Å². The number of nitrogens with one attached hydrogen (secondary N) is 1. The first-order valence-corrected chi connectivity index (χ1v) is 15.8. The Morgan fingerprint density at radius 1 is 0.900 bits per heavy atom. The average molecular weight is 582 g/mol. The number of benzene rings is 3. The zero-order valence-corrected chi connectivity index (χ0v) is 24.3. The van der Waals surface area contributed by atoms with E-state index in [-0.39, 0.29) is 24.2 Å². The predicted molar refractivity (Wildman–Crippen MR) is 160 cm³/mol. The molecule has 4 rings (SSSR count). The third-order valence-corrected chi connectivity index (χ3v) is 8.57. The number of hydrogen-bond donors (Lipinski definition) is 1. The van der Waals surface area contributed by atoms with Crippen molar-refractivity contribution < 1.29 is 18.0 Å². The molecule has 0 unspecified atom stereocenters. The van der Waals surface area contributed by atoms with Gasteiger partial charge in [0.1, 0.15) is 12.6 Å². The Kier molecular flexibility index (Phi) is 10.2. The summed E-state index contributed by atoms with van der Waals surface area (Å²) >= 11 is 6.15. The Morgan fingerprint density at radius 2 is 1.52 bits per heavy atom. The van der Waals surface area contributed by atoms with Gasteiger partial charge in [-0.1, -0.05) is 97.6 Å². The van der Waals surface area contributed by atoms with Crippen molar-refractivity contribution in [1.82, 2.24) is 10.2 Å².